The number of benzene rings is 3. The molecule has 6 N–H and O–H groups in total. The van der Waals surface area contributed by atoms with Crippen molar-refractivity contribution in [2.75, 3.05) is 32.3 Å². The van der Waals surface area contributed by atoms with Gasteiger partial charge in [0, 0.05) is 0 Å². The van der Waals surface area contributed by atoms with Gasteiger partial charge in [0.1, 0.15) is 12.5 Å². The van der Waals surface area contributed by atoms with Crippen molar-refractivity contribution < 1.29 is 24.5 Å². The largest absolute Gasteiger partial charge is 0.394 e. The number of aliphatic hydroxyl groups excluding tert-OH is 2. The van der Waals surface area contributed by atoms with Crippen molar-refractivity contribution in [2.45, 2.75) is 55.1 Å². The minimum Gasteiger partial charge on any atom is -0.394 e. The first-order chi connectivity index (χ1) is 20.8. The summed E-state index contributed by atoms with van der Waals surface area (Å²) in [5.74, 6) is -0.324. The number of nitrogens with two attached hydrogens (primary N) is 1. The van der Waals surface area contributed by atoms with Crippen LogP contribution in [0.1, 0.15) is 52.6 Å². The Labute approximate surface area is 257 Å². The van der Waals surface area contributed by atoms with Gasteiger partial charge in [-0.3, -0.25) is 9.59 Å². The molecule has 3 aliphatic carbocycles. The zero-order valence-electron chi connectivity index (χ0n) is 24.3. The summed E-state index contributed by atoms with van der Waals surface area (Å²) >= 11 is 5.48. The number of carbonyl (C=O) groups is 2. The average Bonchev–Trinajstić information content (AvgIpc) is 3.71. The Bertz CT molecular complexity index is 1460. The first kappa shape index (κ1) is 31.2. The molecule has 1 heterocycles. The fourth-order valence-electron chi connectivity index (χ4n) is 6.83. The van der Waals surface area contributed by atoms with E-state index in [1.807, 2.05) is 54.6 Å². The van der Waals surface area contributed by atoms with Crippen molar-refractivity contribution in [2.24, 2.45) is 5.73 Å². The number of halogens is 1. The molecule has 3 unspecified atom stereocenters. The second-order valence-electron chi connectivity index (χ2n) is 11.8. The van der Waals surface area contributed by atoms with Crippen molar-refractivity contribution in [1.82, 2.24) is 10.6 Å². The van der Waals surface area contributed by atoms with E-state index in [9.17, 15) is 14.7 Å². The number of aryl methyl sites for hydroxylation is 3. The molecule has 0 aromatic heterocycles. The number of morpholine rings is 1. The monoisotopic (exact) mass is 605 g/mol. The first-order valence-electron chi connectivity index (χ1n) is 14.8. The molecule has 7 rings (SSSR count). The van der Waals surface area contributed by atoms with Gasteiger partial charge < -0.3 is 31.3 Å². The Morgan fingerprint density at radius 2 is 1.40 bits per heavy atom. The normalized spacial score (nSPS) is 26.2. The van der Waals surface area contributed by atoms with Gasteiger partial charge in [-0.2, -0.15) is 0 Å². The number of hydrogen-bond donors (Lipinski definition) is 5. The Morgan fingerprint density at radius 1 is 0.837 bits per heavy atom. The highest BCUT2D eigenvalue weighted by Gasteiger charge is 2.42. The number of alkyl halides is 1. The third kappa shape index (κ3) is 6.35. The molecular formula is C34H40ClN3O5. The summed E-state index contributed by atoms with van der Waals surface area (Å²) in [6.45, 7) is 0.760. The molecule has 0 radical (unpaired) electrons. The molecule has 1 fully saturated rings. The van der Waals surface area contributed by atoms with Crippen LogP contribution in [0.4, 0.5) is 0 Å². The summed E-state index contributed by atoms with van der Waals surface area (Å²) in [7, 11) is 0. The maximum absolute atomic E-state index is 11.4. The minimum absolute atomic E-state index is 0.00190. The lowest BCUT2D eigenvalue weighted by atomic mass is 9.92. The van der Waals surface area contributed by atoms with Crippen LogP contribution in [0.2, 0.25) is 0 Å². The molecule has 4 aliphatic rings. The van der Waals surface area contributed by atoms with Crippen LogP contribution in [-0.2, 0) is 50.2 Å². The van der Waals surface area contributed by atoms with Crippen molar-refractivity contribution >= 4 is 23.4 Å². The fourth-order valence-corrected chi connectivity index (χ4v) is 6.89. The minimum atomic E-state index is -0.636. The SMILES string of the molecule is NC1(CO)CCc2ccccc21.O=C(CCl)NC1(CO)CCc2ccccc21.O=C1COCC2(CCc3ccccc32)N1. The summed E-state index contributed by atoms with van der Waals surface area (Å²) in [6.07, 6.45) is 5.44. The van der Waals surface area contributed by atoms with Crippen LogP contribution in [0.25, 0.3) is 0 Å². The standard InChI is InChI=1S/C12H14ClNO2.C12H13NO2.C10H13NO/c13-7-11(16)14-12(8-15)6-5-9-3-1-2-4-10(9)12;14-11-7-15-8-12(13-11)6-5-9-3-1-2-4-10(9)12;11-10(7-12)6-5-8-3-1-2-4-9(8)10/h1-4,15H,5-8H2,(H,14,16);1-4H,5-8H2,(H,13,14);1-4,12H,5-7,11H2. The maximum atomic E-state index is 11.4. The van der Waals surface area contributed by atoms with Crippen LogP contribution < -0.4 is 16.4 Å². The molecule has 43 heavy (non-hydrogen) atoms. The van der Waals surface area contributed by atoms with Crippen LogP contribution in [0.15, 0.2) is 72.8 Å². The van der Waals surface area contributed by atoms with Crippen LogP contribution in [0.3, 0.4) is 0 Å². The molecule has 9 heteroatoms. The quantitative estimate of drug-likeness (QED) is 0.290. The molecule has 1 spiro atoms. The lowest BCUT2D eigenvalue weighted by molar-refractivity contribution is -0.135. The lowest BCUT2D eigenvalue weighted by Gasteiger charge is -2.35. The van der Waals surface area contributed by atoms with Gasteiger partial charge in [0.15, 0.2) is 0 Å². The van der Waals surface area contributed by atoms with E-state index in [0.29, 0.717) is 6.61 Å². The number of rotatable bonds is 4. The first-order valence-corrected chi connectivity index (χ1v) is 15.3. The number of fused-ring (bicyclic) bond motifs is 4. The molecular weight excluding hydrogens is 566 g/mol. The highest BCUT2D eigenvalue weighted by atomic mass is 35.5. The molecule has 0 bridgehead atoms. The predicted octanol–water partition coefficient (Wildman–Crippen LogP) is 2.93. The van der Waals surface area contributed by atoms with Crippen molar-refractivity contribution in [3.05, 3.63) is 106 Å². The van der Waals surface area contributed by atoms with E-state index in [1.54, 1.807) is 0 Å². The summed E-state index contributed by atoms with van der Waals surface area (Å²) in [5.41, 5.74) is 11.8. The summed E-state index contributed by atoms with van der Waals surface area (Å²) in [5, 5.41) is 24.6. The maximum Gasteiger partial charge on any atom is 0.246 e. The third-order valence-corrected chi connectivity index (χ3v) is 9.36. The van der Waals surface area contributed by atoms with Gasteiger partial charge in [0.25, 0.3) is 0 Å². The Kier molecular flexibility index (Phi) is 9.54. The molecule has 3 atom stereocenters. The van der Waals surface area contributed by atoms with E-state index in [0.717, 1.165) is 49.7 Å². The molecule has 1 saturated heterocycles. The van der Waals surface area contributed by atoms with Gasteiger partial charge in [0.05, 0.1) is 36.4 Å². The van der Waals surface area contributed by atoms with Crippen LogP contribution >= 0.6 is 11.6 Å². The lowest BCUT2D eigenvalue weighted by Crippen LogP contribution is -2.53. The van der Waals surface area contributed by atoms with Gasteiger partial charge >= 0.3 is 0 Å². The van der Waals surface area contributed by atoms with Gasteiger partial charge in [0.2, 0.25) is 11.8 Å². The van der Waals surface area contributed by atoms with Gasteiger partial charge in [-0.15, -0.1) is 11.6 Å². The summed E-state index contributed by atoms with van der Waals surface area (Å²) in [4.78, 5) is 22.8. The molecule has 228 valence electrons. The van der Waals surface area contributed by atoms with E-state index in [4.69, 9.17) is 27.2 Å². The Balaban J connectivity index is 0.000000130. The van der Waals surface area contributed by atoms with E-state index in [1.165, 1.54) is 22.3 Å². The van der Waals surface area contributed by atoms with E-state index in [2.05, 4.69) is 28.8 Å². The van der Waals surface area contributed by atoms with Crippen molar-refractivity contribution in [3.8, 4) is 0 Å². The van der Waals surface area contributed by atoms with Crippen LogP contribution in [-0.4, -0.2) is 54.3 Å². The zero-order valence-corrected chi connectivity index (χ0v) is 25.0. The van der Waals surface area contributed by atoms with E-state index in [-0.39, 0.29) is 43.1 Å². The van der Waals surface area contributed by atoms with Gasteiger partial charge in [-0.25, -0.2) is 0 Å². The molecule has 1 aliphatic heterocycles. The fraction of sp³-hybridized carbons (Fsp3) is 0.412. The van der Waals surface area contributed by atoms with Crippen molar-refractivity contribution in [1.29, 1.82) is 0 Å². The summed E-state index contributed by atoms with van der Waals surface area (Å²) < 4.78 is 5.36. The molecule has 8 nitrogen and oxygen atoms in total. The Hall–Kier alpha value is -3.27. The number of carbonyl (C=O) groups excluding carboxylic acids is 2. The molecule has 3 aromatic carbocycles. The predicted molar refractivity (Wildman–Crippen MR) is 166 cm³/mol. The number of ether oxygens (including phenoxy) is 1. The van der Waals surface area contributed by atoms with Gasteiger partial charge in [-0.05, 0) is 71.9 Å². The molecule has 0 saturated carbocycles. The second kappa shape index (κ2) is 13.2. The second-order valence-corrected chi connectivity index (χ2v) is 12.1. The van der Waals surface area contributed by atoms with Gasteiger partial charge in [-0.1, -0.05) is 72.8 Å². The molecule has 2 amide bonds. The highest BCUT2D eigenvalue weighted by Crippen LogP contribution is 2.38. The smallest absolute Gasteiger partial charge is 0.246 e. The third-order valence-electron chi connectivity index (χ3n) is 9.11. The van der Waals surface area contributed by atoms with E-state index >= 15 is 0 Å². The average molecular weight is 606 g/mol. The number of amides is 2. The number of hydrogen-bond acceptors (Lipinski definition) is 6. The molecule has 3 aromatic rings. The Morgan fingerprint density at radius 3 is 2.02 bits per heavy atom. The van der Waals surface area contributed by atoms with Crippen LogP contribution in [0, 0.1) is 0 Å². The highest BCUT2D eigenvalue weighted by molar-refractivity contribution is 6.27. The van der Waals surface area contributed by atoms with Crippen molar-refractivity contribution in [3.63, 3.8) is 0 Å². The number of nitrogens with one attached hydrogen (secondary N) is 2. The number of aliphatic hydroxyl groups is 2. The zero-order chi connectivity index (χ0) is 30.5. The topological polar surface area (TPSA) is 134 Å². The van der Waals surface area contributed by atoms with E-state index < -0.39 is 11.1 Å². The summed E-state index contributed by atoms with van der Waals surface area (Å²) in [6, 6.07) is 24.2. The van der Waals surface area contributed by atoms with Crippen LogP contribution in [0.5, 0.6) is 0 Å².